The smallest absolute Gasteiger partial charge is 0.297 e. The normalized spacial score (nSPS) is 14.7. The predicted octanol–water partition coefficient (Wildman–Crippen LogP) is 4.82. The first-order chi connectivity index (χ1) is 18.3. The molecule has 1 aromatic heterocycles. The van der Waals surface area contributed by atoms with Gasteiger partial charge in [0.05, 0.1) is 28.8 Å². The molecule has 3 aromatic rings. The molecule has 4 rings (SSSR count). The number of carbonyl (C=O) groups excluding carboxylic acids is 2. The lowest BCUT2D eigenvalue weighted by molar-refractivity contribution is -0.143. The fourth-order valence-corrected chi connectivity index (χ4v) is 4.03. The van der Waals surface area contributed by atoms with Crippen LogP contribution in [0.25, 0.3) is 5.82 Å². The first-order valence-electron chi connectivity index (χ1n) is 10.8. The molecule has 0 bridgehead atoms. The molecule has 2 N–H and O–H groups in total. The summed E-state index contributed by atoms with van der Waals surface area (Å²) in [5.41, 5.74) is 1.08. The maximum absolute atomic E-state index is 13.4. The first kappa shape index (κ1) is 27.7. The Labute approximate surface area is 221 Å². The van der Waals surface area contributed by atoms with Crippen LogP contribution in [0.5, 0.6) is 0 Å². The molecule has 8 nitrogen and oxygen atoms in total. The van der Waals surface area contributed by atoms with E-state index in [1.807, 2.05) is 0 Å². The van der Waals surface area contributed by atoms with E-state index in [-0.39, 0.29) is 28.2 Å². The van der Waals surface area contributed by atoms with E-state index in [4.69, 9.17) is 11.6 Å². The Kier molecular flexibility index (Phi) is 7.40. The third kappa shape index (κ3) is 5.74. The van der Waals surface area contributed by atoms with Crippen molar-refractivity contribution in [2.45, 2.75) is 18.9 Å². The number of hydrogen-bond donors (Lipinski definition) is 2. The quantitative estimate of drug-likeness (QED) is 0.239. The maximum Gasteiger partial charge on any atom is 0.416 e. The lowest BCUT2D eigenvalue weighted by Crippen LogP contribution is -2.39. The van der Waals surface area contributed by atoms with Crippen molar-refractivity contribution in [1.29, 1.82) is 5.26 Å². The number of hydrazine groups is 2. The summed E-state index contributed by atoms with van der Waals surface area (Å²) in [5.74, 6) is -3.94. The molecular formula is C24H15ClF6N6O2. The fraction of sp³-hybridized carbons (Fsp3) is 0.167. The molecular weight excluding hydrogens is 554 g/mol. The van der Waals surface area contributed by atoms with Gasteiger partial charge in [0.1, 0.15) is 12.0 Å². The second kappa shape index (κ2) is 10.4. The Morgan fingerprint density at radius 1 is 1.03 bits per heavy atom. The molecule has 1 aliphatic heterocycles. The second-order valence-electron chi connectivity index (χ2n) is 8.18. The summed E-state index contributed by atoms with van der Waals surface area (Å²) in [6, 6.07) is 8.46. The van der Waals surface area contributed by atoms with Gasteiger partial charge in [0, 0.05) is 18.0 Å². The molecule has 1 atom stereocenters. The molecule has 0 radical (unpaired) electrons. The van der Waals surface area contributed by atoms with E-state index < -0.39 is 53.1 Å². The molecule has 2 heterocycles. The average molecular weight is 569 g/mol. The largest absolute Gasteiger partial charge is 0.416 e. The zero-order valence-electron chi connectivity index (χ0n) is 19.3. The third-order valence-corrected chi connectivity index (χ3v) is 5.90. The van der Waals surface area contributed by atoms with Crippen LogP contribution in [0.1, 0.15) is 27.0 Å². The van der Waals surface area contributed by atoms with Crippen LogP contribution in [0.3, 0.4) is 0 Å². The van der Waals surface area contributed by atoms with Gasteiger partial charge in [0.25, 0.3) is 0 Å². The summed E-state index contributed by atoms with van der Waals surface area (Å²) in [5, 5.41) is 10.7. The van der Waals surface area contributed by atoms with E-state index in [1.54, 1.807) is 12.1 Å². The number of ketones is 2. The molecule has 202 valence electrons. The van der Waals surface area contributed by atoms with Gasteiger partial charge in [-0.15, -0.1) is 5.53 Å². The minimum absolute atomic E-state index is 0.00142. The summed E-state index contributed by atoms with van der Waals surface area (Å²) >= 11 is 6.04. The number of aromatic nitrogens is 2. The van der Waals surface area contributed by atoms with E-state index in [9.17, 15) is 41.2 Å². The number of alkyl halides is 6. The monoisotopic (exact) mass is 568 g/mol. The highest BCUT2D eigenvalue weighted by molar-refractivity contribution is 6.35. The van der Waals surface area contributed by atoms with Crippen molar-refractivity contribution >= 4 is 29.0 Å². The van der Waals surface area contributed by atoms with Crippen molar-refractivity contribution in [3.8, 4) is 6.07 Å². The summed E-state index contributed by atoms with van der Waals surface area (Å²) < 4.78 is 81.3. The third-order valence-electron chi connectivity index (χ3n) is 5.57. The highest BCUT2D eigenvalue weighted by atomic mass is 35.5. The molecule has 0 aliphatic carbocycles. The Morgan fingerprint density at radius 2 is 1.67 bits per heavy atom. The van der Waals surface area contributed by atoms with Gasteiger partial charge in [-0.05, 0) is 35.9 Å². The molecule has 15 heteroatoms. The standard InChI is InChI=1S/C24H15ClF6N6O2/c25-18-4-2-1-3-16(18)20(38)17(10-32)21(39)19-22(36-6-5-33-12-36)37(35-34-19)11-13-7-14(23(26,27)28)9-15(8-13)24(29,30)31/h1-9,12,17,34-35H,11H2. The summed E-state index contributed by atoms with van der Waals surface area (Å²) in [7, 11) is 0. The van der Waals surface area contributed by atoms with Crippen LogP contribution in [0.15, 0.2) is 66.9 Å². The number of halogens is 7. The van der Waals surface area contributed by atoms with Crippen LogP contribution >= 0.6 is 11.6 Å². The van der Waals surface area contributed by atoms with Crippen molar-refractivity contribution in [3.63, 3.8) is 0 Å². The SMILES string of the molecule is N#CC(C(=O)C1=C(n2ccnc2)N(Cc2cc(C(F)(F)F)cc(C(F)(F)F)c2)NN1)C(=O)c1ccccc1Cl. The van der Waals surface area contributed by atoms with E-state index >= 15 is 0 Å². The van der Waals surface area contributed by atoms with E-state index in [1.165, 1.54) is 41.5 Å². The van der Waals surface area contributed by atoms with Gasteiger partial charge < -0.3 is 0 Å². The van der Waals surface area contributed by atoms with Crippen LogP contribution in [0, 0.1) is 17.2 Å². The number of nitrogens with one attached hydrogen (secondary N) is 2. The highest BCUT2D eigenvalue weighted by Gasteiger charge is 2.39. The minimum Gasteiger partial charge on any atom is -0.297 e. The van der Waals surface area contributed by atoms with Gasteiger partial charge in [-0.25, -0.2) is 4.98 Å². The number of hydrogen-bond acceptors (Lipinski definition) is 7. The number of imidazole rings is 1. The van der Waals surface area contributed by atoms with Gasteiger partial charge in [-0.3, -0.25) is 24.6 Å². The van der Waals surface area contributed by atoms with Gasteiger partial charge >= 0.3 is 12.4 Å². The Bertz CT molecular complexity index is 1460. The number of allylic oxidation sites excluding steroid dienone is 1. The van der Waals surface area contributed by atoms with Crippen molar-refractivity contribution in [3.05, 3.63) is 94.2 Å². The van der Waals surface area contributed by atoms with Crippen molar-refractivity contribution < 1.29 is 35.9 Å². The summed E-state index contributed by atoms with van der Waals surface area (Å²) in [6.45, 7) is -0.597. The predicted molar refractivity (Wildman–Crippen MR) is 124 cm³/mol. The minimum atomic E-state index is -5.06. The molecule has 39 heavy (non-hydrogen) atoms. The second-order valence-corrected chi connectivity index (χ2v) is 8.58. The van der Waals surface area contributed by atoms with E-state index in [2.05, 4.69) is 15.9 Å². The van der Waals surface area contributed by atoms with Crippen LogP contribution in [0.4, 0.5) is 26.3 Å². The number of nitrogens with zero attached hydrogens (tertiary/aromatic N) is 4. The van der Waals surface area contributed by atoms with Crippen molar-refractivity contribution in [2.24, 2.45) is 5.92 Å². The summed E-state index contributed by atoms with van der Waals surface area (Å²) in [4.78, 5) is 30.2. The zero-order valence-corrected chi connectivity index (χ0v) is 20.1. The molecule has 0 amide bonds. The molecule has 1 unspecified atom stereocenters. The highest BCUT2D eigenvalue weighted by Crippen LogP contribution is 2.37. The number of rotatable bonds is 7. The number of nitriles is 1. The van der Waals surface area contributed by atoms with Crippen LogP contribution in [-0.4, -0.2) is 26.1 Å². The number of benzene rings is 2. The van der Waals surface area contributed by atoms with Gasteiger partial charge in [0.15, 0.2) is 17.5 Å². The maximum atomic E-state index is 13.4. The molecule has 0 saturated carbocycles. The first-order valence-corrected chi connectivity index (χ1v) is 11.2. The molecule has 0 saturated heterocycles. The van der Waals surface area contributed by atoms with Crippen LogP contribution < -0.4 is 11.0 Å². The zero-order chi connectivity index (χ0) is 28.5. The molecule has 0 spiro atoms. The Balaban J connectivity index is 1.75. The van der Waals surface area contributed by atoms with Gasteiger partial charge in [0.2, 0.25) is 5.78 Å². The van der Waals surface area contributed by atoms with E-state index in [0.29, 0.717) is 12.1 Å². The molecule has 1 aliphatic rings. The van der Waals surface area contributed by atoms with Crippen molar-refractivity contribution in [2.75, 3.05) is 0 Å². The average Bonchev–Trinajstić information content (AvgIpc) is 3.53. The number of carbonyl (C=O) groups is 2. The Hall–Kier alpha value is -4.35. The van der Waals surface area contributed by atoms with Gasteiger partial charge in [-0.2, -0.15) is 31.6 Å². The van der Waals surface area contributed by atoms with Gasteiger partial charge in [-0.1, -0.05) is 23.7 Å². The molecule has 0 fully saturated rings. The topological polar surface area (TPSA) is 103 Å². The lowest BCUT2D eigenvalue weighted by atomic mass is 9.93. The van der Waals surface area contributed by atoms with E-state index in [0.717, 1.165) is 5.01 Å². The Morgan fingerprint density at radius 3 is 2.21 bits per heavy atom. The van der Waals surface area contributed by atoms with Crippen molar-refractivity contribution in [1.82, 2.24) is 25.5 Å². The lowest BCUT2D eigenvalue weighted by Gasteiger charge is -2.22. The number of Topliss-reactive ketones (excluding diaryl/α,β-unsaturated/α-hetero) is 2. The van der Waals surface area contributed by atoms with Crippen LogP contribution in [0.2, 0.25) is 5.02 Å². The fourth-order valence-electron chi connectivity index (χ4n) is 3.80. The summed E-state index contributed by atoms with van der Waals surface area (Å²) in [6.07, 6.45) is -6.27. The molecule has 2 aromatic carbocycles. The van der Waals surface area contributed by atoms with Crippen LogP contribution in [-0.2, 0) is 23.7 Å².